The number of hydrogen-bond acceptors (Lipinski definition) is 29. The second-order valence-corrected chi connectivity index (χ2v) is 36.9. The molecule has 660 valence electrons. The van der Waals surface area contributed by atoms with Gasteiger partial charge in [0.2, 0.25) is 23.8 Å². The van der Waals surface area contributed by atoms with Gasteiger partial charge in [-0.3, -0.25) is 23.5 Å². The van der Waals surface area contributed by atoms with E-state index in [1.807, 2.05) is 109 Å². The van der Waals surface area contributed by atoms with Crippen LogP contribution in [0.4, 0.5) is 69.8 Å². The van der Waals surface area contributed by atoms with Gasteiger partial charge in [-0.2, -0.15) is 20.4 Å². The van der Waals surface area contributed by atoms with Crippen molar-refractivity contribution in [1.29, 1.82) is 0 Å². The second-order valence-electron chi connectivity index (χ2n) is 36.9. The topological polar surface area (TPSA) is 352 Å². The molecule has 0 bridgehead atoms. The van der Waals surface area contributed by atoms with Gasteiger partial charge >= 0.3 is 0 Å². The lowest BCUT2D eigenvalue weighted by Gasteiger charge is -2.31. The van der Waals surface area contributed by atoms with Gasteiger partial charge in [-0.1, -0.05) is 41.5 Å². The molecule has 8 N–H and O–H groups in total. The van der Waals surface area contributed by atoms with Crippen LogP contribution in [0.5, 0.6) is 0 Å². The highest BCUT2D eigenvalue weighted by atomic mass is 16.1. The van der Waals surface area contributed by atoms with E-state index in [1.165, 1.54) is 69.0 Å². The molecule has 1 atom stereocenters. The van der Waals surface area contributed by atoms with Crippen LogP contribution in [-0.4, -0.2) is 209 Å². The summed E-state index contributed by atoms with van der Waals surface area (Å²) in [5, 5.41) is 46.1. The van der Waals surface area contributed by atoms with Crippen LogP contribution in [0.15, 0.2) is 98.1 Å². The number of fused-ring (bicyclic) bond motifs is 15. The highest BCUT2D eigenvalue weighted by Gasteiger charge is 2.57. The number of ketones is 1. The molecule has 12 aromatic rings. The zero-order valence-electron chi connectivity index (χ0n) is 75.7. The van der Waals surface area contributed by atoms with Crippen molar-refractivity contribution in [2.45, 2.75) is 168 Å². The van der Waals surface area contributed by atoms with Crippen molar-refractivity contribution < 1.29 is 4.79 Å². The Morgan fingerprint density at radius 2 is 0.795 bits per heavy atom. The third-order valence-corrected chi connectivity index (χ3v) is 26.9. The number of rotatable bonds is 17. The van der Waals surface area contributed by atoms with E-state index in [4.69, 9.17) is 40.3 Å². The number of piperazine rings is 4. The molecule has 33 nitrogen and oxygen atoms in total. The molecule has 0 amide bonds. The number of nitrogens with one attached hydrogen (secondary N) is 8. The number of carbonyl (C=O) groups is 1. The highest BCUT2D eigenvalue weighted by molar-refractivity contribution is 5.93. The first-order valence-electron chi connectivity index (χ1n) is 45.5. The summed E-state index contributed by atoms with van der Waals surface area (Å²) in [6, 6.07) is 16.7. The molecule has 2 saturated carbocycles. The summed E-state index contributed by atoms with van der Waals surface area (Å²) in [5.74, 6) is 6.28. The Kier molecular flexibility index (Phi) is 22.8. The molecule has 0 radical (unpaired) electrons. The van der Waals surface area contributed by atoms with Gasteiger partial charge in [-0.25, -0.2) is 59.8 Å². The minimum atomic E-state index is -0.688. The van der Waals surface area contributed by atoms with E-state index in [9.17, 15) is 4.79 Å². The molecule has 4 saturated heterocycles. The van der Waals surface area contributed by atoms with Crippen LogP contribution in [0, 0.1) is 6.92 Å². The van der Waals surface area contributed by atoms with Gasteiger partial charge in [0.25, 0.3) is 0 Å². The first kappa shape index (κ1) is 84.2. The lowest BCUT2D eigenvalue weighted by molar-refractivity contribution is -0.122. The Balaban J connectivity index is 0.000000110. The highest BCUT2D eigenvalue weighted by Crippen LogP contribution is 2.63. The van der Waals surface area contributed by atoms with Gasteiger partial charge in [-0.05, 0) is 157 Å². The van der Waals surface area contributed by atoms with Gasteiger partial charge in [0.05, 0.1) is 121 Å². The largest absolute Gasteiger partial charge is 0.368 e. The van der Waals surface area contributed by atoms with Crippen LogP contribution in [0.3, 0.4) is 0 Å². The maximum Gasteiger partial charge on any atom is 0.228 e. The summed E-state index contributed by atoms with van der Waals surface area (Å²) in [6.07, 6.45) is 23.6. The molecule has 4 aliphatic heterocycles. The van der Waals surface area contributed by atoms with E-state index in [2.05, 4.69) is 200 Å². The summed E-state index contributed by atoms with van der Waals surface area (Å²) in [7, 11) is 6.04. The van der Waals surface area contributed by atoms with Crippen molar-refractivity contribution in [2.75, 3.05) is 146 Å². The van der Waals surface area contributed by atoms with Gasteiger partial charge in [-0.15, -0.1) is 0 Å². The van der Waals surface area contributed by atoms with E-state index in [-0.39, 0.29) is 28.6 Å². The van der Waals surface area contributed by atoms with Crippen molar-refractivity contribution in [3.63, 3.8) is 0 Å². The quantitative estimate of drug-likeness (QED) is 0.0420. The van der Waals surface area contributed by atoms with Gasteiger partial charge in [0.15, 0.2) is 0 Å². The summed E-state index contributed by atoms with van der Waals surface area (Å²) in [6.45, 7) is 39.3. The molecule has 6 fully saturated rings. The Hall–Kier alpha value is -12.3. The van der Waals surface area contributed by atoms with Crippen molar-refractivity contribution in [3.8, 4) is 45.2 Å². The van der Waals surface area contributed by atoms with Crippen molar-refractivity contribution in [1.82, 2.24) is 120 Å². The number of nitrogens with zero attached hydrogens (tertiary/aromatic N) is 24. The summed E-state index contributed by atoms with van der Waals surface area (Å²) in [4.78, 5) is 78.7. The predicted molar refractivity (Wildman–Crippen MR) is 498 cm³/mol. The van der Waals surface area contributed by atoms with Crippen LogP contribution >= 0.6 is 0 Å². The lowest BCUT2D eigenvalue weighted by Crippen LogP contribution is -2.43. The Labute approximate surface area is 741 Å². The second kappa shape index (κ2) is 34.4. The normalized spacial score (nSPS) is 18.2. The molecule has 127 heavy (non-hydrogen) atoms. The lowest BCUT2D eigenvalue weighted by atomic mass is 9.71. The van der Waals surface area contributed by atoms with E-state index >= 15 is 0 Å². The summed E-state index contributed by atoms with van der Waals surface area (Å²) in [5.41, 5.74) is 26.4. The average molecular weight is 1710 g/mol. The number of carbonyl (C=O) groups excluding carboxylic acids is 1. The number of Topliss-reactive ketones (excluding diaryl/α,β-unsaturated/α-hetero) is 1. The van der Waals surface area contributed by atoms with Crippen molar-refractivity contribution in [2.24, 2.45) is 21.1 Å². The summed E-state index contributed by atoms with van der Waals surface area (Å²) >= 11 is 0. The number of aromatic nitrogens is 20. The third-order valence-electron chi connectivity index (χ3n) is 26.9. The molecule has 6 aliphatic carbocycles. The molecule has 2 spiro atoms. The Morgan fingerprint density at radius 1 is 0.409 bits per heavy atom. The van der Waals surface area contributed by atoms with Crippen molar-refractivity contribution in [3.05, 3.63) is 166 Å². The van der Waals surface area contributed by atoms with Gasteiger partial charge in [0.1, 0.15) is 29.1 Å². The summed E-state index contributed by atoms with van der Waals surface area (Å²) < 4.78 is 8.09. The number of aryl methyl sites for hydroxylation is 5. The SMILES string of the molecule is CC(=O)C1(C)Cc2cnc(Nc3ccc(N4CCNCC4)cn3)nc2-c2c1nn(C)c2C(C)C.CC(C)c1c2c(nn1C)C1(CC1)c1cnc(Nc3ccc(N4CCNCC4)cn3)nc1-2.CC(C)c1c2c(nn1C)CC1(CC1)c1cnc(Nc3ccc(N4CCNCC4)cn3)nc1-2.Cc1nn(C(C)C)c2c1CCc1cnc(Nc3ccc(N4CCNCC4)cn3)nc1-2. The van der Waals surface area contributed by atoms with E-state index in [0.29, 0.717) is 47.9 Å². The maximum absolute atomic E-state index is 12.7. The zero-order chi connectivity index (χ0) is 87.7. The van der Waals surface area contributed by atoms with Crippen LogP contribution in [-0.2, 0) is 67.9 Å². The average Bonchev–Trinajstić information content (AvgIpc) is 1.51. The fourth-order valence-electron chi connectivity index (χ4n) is 19.9. The first-order chi connectivity index (χ1) is 61.5. The van der Waals surface area contributed by atoms with Crippen LogP contribution in [0.1, 0.15) is 186 Å². The fraction of sp³-hybridized carbons (Fsp3) is 0.479. The molecule has 22 rings (SSSR count). The zero-order valence-corrected chi connectivity index (χ0v) is 75.7. The number of anilines is 12. The molecule has 10 aliphatic rings. The Morgan fingerprint density at radius 3 is 1.20 bits per heavy atom. The van der Waals surface area contributed by atoms with Crippen LogP contribution < -0.4 is 62.1 Å². The monoisotopic (exact) mass is 1710 g/mol. The first-order valence-corrected chi connectivity index (χ1v) is 45.5. The molecule has 33 heteroatoms. The van der Waals surface area contributed by atoms with Crippen molar-refractivity contribution >= 4 is 75.6 Å². The third kappa shape index (κ3) is 16.3. The van der Waals surface area contributed by atoms with Crippen LogP contribution in [0.2, 0.25) is 0 Å². The minimum Gasteiger partial charge on any atom is -0.368 e. The predicted octanol–water partition coefficient (Wildman–Crippen LogP) is 11.9. The Bertz CT molecular complexity index is 6030. The molecule has 0 aromatic carbocycles. The maximum atomic E-state index is 12.7. The number of pyridine rings is 4. The van der Waals surface area contributed by atoms with Gasteiger partial charge < -0.3 is 62.1 Å². The minimum absolute atomic E-state index is 0.0390. The van der Waals surface area contributed by atoms with Crippen LogP contribution in [0.25, 0.3) is 45.2 Å². The molecular weight excluding hydrogens is 1590 g/mol. The molecule has 16 heterocycles. The smallest absolute Gasteiger partial charge is 0.228 e. The van der Waals surface area contributed by atoms with E-state index < -0.39 is 5.41 Å². The number of hydrogen-bond donors (Lipinski definition) is 8. The van der Waals surface area contributed by atoms with E-state index in [0.717, 1.165) is 234 Å². The van der Waals surface area contributed by atoms with E-state index in [1.54, 1.807) is 6.92 Å². The molecule has 1 unspecified atom stereocenters. The molecule has 12 aromatic heterocycles. The van der Waals surface area contributed by atoms with Gasteiger partial charge in [0, 0.05) is 207 Å². The molecular formula is C94H118N32O. The standard InChI is InChI=1S/C25H32N8O.C24H30N8.C23H28N8.C22H28N8/c1-15(2)22-20-21-17(12-25(4,16(3)34)23(20)31-32(22)5)13-28-24(30-21)29-19-7-6-18(14-27-19)33-10-8-26-9-11-33;1-15(2)22-20-18(30-31(22)3)12-24(6-7-24)17-14-27-23(29-21(17)20)28-19-5-4-16(13-26-19)32-10-8-25-9-11-32;1-14(2)20-18-19-16(23(6-7-23)21(18)29-30(20)3)13-26-22(28-19)27-17-5-4-15(12-25-17)31-10-8-24-9-11-31;1-14(2)30-21-18(15(3)28-30)6-4-16-12-25-22(27-20(16)21)26-19-7-5-17(13-24-19)29-10-8-23-9-11-29/h6-7,13-15,26H,8-12H2,1-5H3,(H,27,28,29,30);4-5,13-15,25H,6-12H2,1-3H3,(H,26,27,28,29);4-5,12-14,24H,6-11H2,1-3H3,(H,25,26,27,28);5,7,12-14,23H,4,6,8-11H2,1-3H3,(H,24,25,26,27). The fourth-order valence-corrected chi connectivity index (χ4v) is 19.9.